The van der Waals surface area contributed by atoms with Crippen molar-refractivity contribution in [2.75, 3.05) is 18.1 Å². The normalized spacial score (nSPS) is 25.2. The fourth-order valence-electron chi connectivity index (χ4n) is 3.76. The number of rotatable bonds is 5. The Morgan fingerprint density at radius 2 is 1.70 bits per heavy atom. The highest BCUT2D eigenvalue weighted by atomic mass is 16.6. The summed E-state index contributed by atoms with van der Waals surface area (Å²) in [6.45, 7) is 3.92. The Hall–Kier alpha value is -3.21. The second kappa shape index (κ2) is 8.66. The standard InChI is InChI=1S/C19H22N2O9/c1-10(22)28-16-9-27-19(18(30-12(3)24)17(16)29-11(2)23)20-7-6-13-4-5-14(21(25)26)8-15(13)20/h4-5,8,16-19H,6-7,9H2,1-3H3/t16-,17+,18+,19+/m0/s1. The molecule has 30 heavy (non-hydrogen) atoms. The zero-order valence-corrected chi connectivity index (χ0v) is 16.7. The number of carbonyl (C=O) groups is 3. The van der Waals surface area contributed by atoms with Crippen molar-refractivity contribution in [3.8, 4) is 0 Å². The van der Waals surface area contributed by atoms with Gasteiger partial charge in [0.1, 0.15) is 0 Å². The molecule has 0 N–H and O–H groups in total. The summed E-state index contributed by atoms with van der Waals surface area (Å²) in [6, 6.07) is 4.52. The molecule has 0 unspecified atom stereocenters. The summed E-state index contributed by atoms with van der Waals surface area (Å²) >= 11 is 0. The van der Waals surface area contributed by atoms with E-state index in [-0.39, 0.29) is 12.3 Å². The van der Waals surface area contributed by atoms with Crippen LogP contribution in [0.5, 0.6) is 0 Å². The molecule has 1 fully saturated rings. The maximum Gasteiger partial charge on any atom is 0.303 e. The van der Waals surface area contributed by atoms with E-state index < -0.39 is 47.4 Å². The molecule has 0 aromatic heterocycles. The highest BCUT2D eigenvalue weighted by Crippen LogP contribution is 2.37. The minimum Gasteiger partial charge on any atom is -0.456 e. The second-order valence-corrected chi connectivity index (χ2v) is 7.03. The van der Waals surface area contributed by atoms with Gasteiger partial charge in [-0.25, -0.2) is 0 Å². The van der Waals surface area contributed by atoms with Crippen LogP contribution in [0, 0.1) is 10.1 Å². The third-order valence-electron chi connectivity index (χ3n) is 4.84. The predicted octanol–water partition coefficient (Wildman–Crippen LogP) is 1.11. The van der Waals surface area contributed by atoms with E-state index >= 15 is 0 Å². The topological polar surface area (TPSA) is 135 Å². The van der Waals surface area contributed by atoms with E-state index in [1.807, 2.05) is 0 Å². The fraction of sp³-hybridized carbons (Fsp3) is 0.526. The molecule has 0 radical (unpaired) electrons. The van der Waals surface area contributed by atoms with Crippen LogP contribution in [0.25, 0.3) is 0 Å². The molecule has 3 rings (SSSR count). The van der Waals surface area contributed by atoms with Gasteiger partial charge in [-0.2, -0.15) is 0 Å². The van der Waals surface area contributed by atoms with Crippen molar-refractivity contribution in [3.63, 3.8) is 0 Å². The van der Waals surface area contributed by atoms with Gasteiger partial charge in [0.2, 0.25) is 0 Å². The van der Waals surface area contributed by atoms with Gasteiger partial charge in [-0.1, -0.05) is 6.07 Å². The Kier molecular flexibility index (Phi) is 6.20. The van der Waals surface area contributed by atoms with Crippen LogP contribution in [0.1, 0.15) is 26.3 Å². The maximum atomic E-state index is 11.8. The molecule has 0 amide bonds. The lowest BCUT2D eigenvalue weighted by molar-refractivity contribution is -0.384. The number of non-ortho nitro benzene ring substituents is 1. The van der Waals surface area contributed by atoms with Crippen LogP contribution in [-0.2, 0) is 39.8 Å². The monoisotopic (exact) mass is 422 g/mol. The molecule has 0 bridgehead atoms. The zero-order valence-electron chi connectivity index (χ0n) is 16.7. The number of carbonyl (C=O) groups excluding carboxylic acids is 3. The van der Waals surface area contributed by atoms with Gasteiger partial charge in [-0.3, -0.25) is 24.5 Å². The van der Waals surface area contributed by atoms with E-state index in [1.54, 1.807) is 11.0 Å². The van der Waals surface area contributed by atoms with Crippen molar-refractivity contribution in [1.82, 2.24) is 0 Å². The molecule has 0 spiro atoms. The van der Waals surface area contributed by atoms with Gasteiger partial charge in [-0.05, 0) is 12.0 Å². The van der Waals surface area contributed by atoms with Crippen LogP contribution < -0.4 is 4.90 Å². The molecule has 11 nitrogen and oxygen atoms in total. The quantitative estimate of drug-likeness (QED) is 0.294. The van der Waals surface area contributed by atoms with Crippen LogP contribution in [0.4, 0.5) is 11.4 Å². The van der Waals surface area contributed by atoms with Crippen molar-refractivity contribution in [2.24, 2.45) is 0 Å². The molecule has 0 saturated carbocycles. The van der Waals surface area contributed by atoms with Gasteiger partial charge >= 0.3 is 17.9 Å². The first-order valence-corrected chi connectivity index (χ1v) is 9.34. The predicted molar refractivity (Wildman–Crippen MR) is 101 cm³/mol. The molecule has 11 heteroatoms. The summed E-state index contributed by atoms with van der Waals surface area (Å²) in [5.41, 5.74) is 1.35. The van der Waals surface area contributed by atoms with E-state index in [9.17, 15) is 24.5 Å². The number of nitro groups is 1. The summed E-state index contributed by atoms with van der Waals surface area (Å²) in [7, 11) is 0. The van der Waals surface area contributed by atoms with Crippen LogP contribution in [-0.4, -0.2) is 60.5 Å². The fourth-order valence-corrected chi connectivity index (χ4v) is 3.76. The third-order valence-corrected chi connectivity index (χ3v) is 4.84. The number of esters is 3. The van der Waals surface area contributed by atoms with E-state index in [4.69, 9.17) is 18.9 Å². The Morgan fingerprint density at radius 3 is 2.30 bits per heavy atom. The smallest absolute Gasteiger partial charge is 0.303 e. The van der Waals surface area contributed by atoms with Crippen LogP contribution in [0.3, 0.4) is 0 Å². The Labute approximate surface area is 172 Å². The molecular weight excluding hydrogens is 400 g/mol. The number of nitrogens with zero attached hydrogens (tertiary/aromatic N) is 2. The van der Waals surface area contributed by atoms with Gasteiger partial charge in [-0.15, -0.1) is 0 Å². The molecule has 4 atom stereocenters. The average molecular weight is 422 g/mol. The second-order valence-electron chi connectivity index (χ2n) is 7.03. The highest BCUT2D eigenvalue weighted by Gasteiger charge is 2.50. The van der Waals surface area contributed by atoms with E-state index in [0.717, 1.165) is 5.56 Å². The van der Waals surface area contributed by atoms with Crippen molar-refractivity contribution in [3.05, 3.63) is 33.9 Å². The molecule has 0 aliphatic carbocycles. The summed E-state index contributed by atoms with van der Waals surface area (Å²) in [6.07, 6.45) is -3.48. The number of fused-ring (bicyclic) bond motifs is 1. The number of hydrogen-bond donors (Lipinski definition) is 0. The van der Waals surface area contributed by atoms with Crippen LogP contribution >= 0.6 is 0 Å². The lowest BCUT2D eigenvalue weighted by atomic mass is 10.0. The largest absolute Gasteiger partial charge is 0.456 e. The first-order valence-electron chi connectivity index (χ1n) is 9.34. The van der Waals surface area contributed by atoms with E-state index in [0.29, 0.717) is 18.7 Å². The van der Waals surface area contributed by atoms with Crippen LogP contribution in [0.15, 0.2) is 18.2 Å². The number of ether oxygens (including phenoxy) is 4. The van der Waals surface area contributed by atoms with Gasteiger partial charge in [0, 0.05) is 45.1 Å². The molecule has 1 aromatic rings. The molecule has 1 aromatic carbocycles. The number of anilines is 1. The molecule has 2 aliphatic heterocycles. The SMILES string of the molecule is CC(=O)O[C@@H]1[C@H](OC(C)=O)[C@@H](OC(C)=O)CO[C@H]1N1CCc2ccc([N+](=O)[O-])cc21. The van der Waals surface area contributed by atoms with Crippen molar-refractivity contribution in [1.29, 1.82) is 0 Å². The first-order chi connectivity index (χ1) is 14.2. The molecule has 162 valence electrons. The van der Waals surface area contributed by atoms with Gasteiger partial charge in [0.25, 0.3) is 5.69 Å². The minimum atomic E-state index is -1.12. The van der Waals surface area contributed by atoms with E-state index in [1.165, 1.54) is 32.9 Å². The third kappa shape index (κ3) is 4.51. The Balaban J connectivity index is 1.97. The lowest BCUT2D eigenvalue weighted by Gasteiger charge is -2.44. The number of hydrogen-bond acceptors (Lipinski definition) is 10. The Bertz CT molecular complexity index is 872. The molecule has 2 heterocycles. The molecule has 2 aliphatic rings. The van der Waals surface area contributed by atoms with Gasteiger partial charge in [0.05, 0.1) is 11.5 Å². The van der Waals surface area contributed by atoms with Gasteiger partial charge < -0.3 is 23.8 Å². The van der Waals surface area contributed by atoms with Crippen molar-refractivity contribution >= 4 is 29.3 Å². The summed E-state index contributed by atoms with van der Waals surface area (Å²) in [5.74, 6) is -1.90. The molecule has 1 saturated heterocycles. The highest BCUT2D eigenvalue weighted by molar-refractivity contribution is 5.69. The summed E-state index contributed by atoms with van der Waals surface area (Å²) in [4.78, 5) is 47.4. The van der Waals surface area contributed by atoms with Gasteiger partial charge in [0.15, 0.2) is 24.5 Å². The average Bonchev–Trinajstić information content (AvgIpc) is 3.06. The van der Waals surface area contributed by atoms with Crippen molar-refractivity contribution in [2.45, 2.75) is 51.7 Å². The number of benzene rings is 1. The summed E-state index contributed by atoms with van der Waals surface area (Å²) < 4.78 is 21.9. The number of nitro benzene ring substituents is 1. The minimum absolute atomic E-state index is 0.0881. The van der Waals surface area contributed by atoms with E-state index in [2.05, 4.69) is 0 Å². The first kappa shape index (κ1) is 21.5. The Morgan fingerprint density at radius 1 is 1.07 bits per heavy atom. The lowest BCUT2D eigenvalue weighted by Crippen LogP contribution is -2.62. The molecular formula is C19H22N2O9. The van der Waals surface area contributed by atoms with Crippen molar-refractivity contribution < 1.29 is 38.3 Å². The van der Waals surface area contributed by atoms with Crippen LogP contribution in [0.2, 0.25) is 0 Å². The summed E-state index contributed by atoms with van der Waals surface area (Å²) in [5, 5.41) is 11.2. The maximum absolute atomic E-state index is 11.8. The zero-order chi connectivity index (χ0) is 22.0.